The highest BCUT2D eigenvalue weighted by Crippen LogP contribution is 2.31. The molecule has 0 aliphatic rings. The Bertz CT molecular complexity index is 1020. The van der Waals surface area contributed by atoms with Crippen LogP contribution in [0.15, 0.2) is 66.7 Å². The topological polar surface area (TPSA) is 72.8 Å². The van der Waals surface area contributed by atoms with Crippen molar-refractivity contribution in [2.24, 2.45) is 0 Å². The molecule has 0 saturated carbocycles. The minimum absolute atomic E-state index is 0.0810. The minimum atomic E-state index is -0.684. The van der Waals surface area contributed by atoms with Gasteiger partial charge in [-0.15, -0.1) is 0 Å². The molecule has 0 radical (unpaired) electrons. The van der Waals surface area contributed by atoms with Crippen LogP contribution in [0, 0.1) is 0 Å². The molecule has 5 nitrogen and oxygen atoms in total. The summed E-state index contributed by atoms with van der Waals surface area (Å²) in [5.74, 6) is -1.68. The number of esters is 2. The van der Waals surface area contributed by atoms with Crippen molar-refractivity contribution in [2.45, 2.75) is 0 Å². The predicted octanol–water partition coefficient (Wildman–Crippen LogP) is 5.14. The Kier molecular flexibility index (Phi) is 5.64. The molecule has 0 unspecified atom stereocenters. The SMILES string of the molecule is O=C(Oc1ccc(OC(=O)c2cccc(Cl)c2)c(O)c1)c1cccc(Cl)c1. The number of carbonyl (C=O) groups is 2. The molecule has 3 aromatic carbocycles. The van der Waals surface area contributed by atoms with E-state index in [0.29, 0.717) is 10.0 Å². The van der Waals surface area contributed by atoms with Gasteiger partial charge in [-0.3, -0.25) is 0 Å². The third-order valence-corrected chi connectivity index (χ3v) is 3.93. The number of rotatable bonds is 4. The van der Waals surface area contributed by atoms with Gasteiger partial charge in [-0.1, -0.05) is 35.3 Å². The zero-order valence-corrected chi connectivity index (χ0v) is 15.2. The number of hydrogen-bond acceptors (Lipinski definition) is 5. The molecule has 0 spiro atoms. The number of carbonyl (C=O) groups excluding carboxylic acids is 2. The van der Waals surface area contributed by atoms with Crippen molar-refractivity contribution in [3.63, 3.8) is 0 Å². The number of ether oxygens (including phenoxy) is 2. The molecule has 3 rings (SSSR count). The van der Waals surface area contributed by atoms with Crippen molar-refractivity contribution in [3.8, 4) is 17.2 Å². The Labute approximate surface area is 164 Å². The second kappa shape index (κ2) is 8.12. The first-order chi connectivity index (χ1) is 12.9. The lowest BCUT2D eigenvalue weighted by atomic mass is 10.2. The Hall–Kier alpha value is -3.02. The van der Waals surface area contributed by atoms with Gasteiger partial charge in [0.1, 0.15) is 5.75 Å². The first kappa shape index (κ1) is 18.8. The molecule has 0 atom stereocenters. The van der Waals surface area contributed by atoms with Crippen molar-refractivity contribution in [1.29, 1.82) is 0 Å². The maximum atomic E-state index is 12.1. The number of benzene rings is 3. The summed E-state index contributed by atoms with van der Waals surface area (Å²) < 4.78 is 10.3. The molecule has 1 N–H and O–H groups in total. The third-order valence-electron chi connectivity index (χ3n) is 3.46. The van der Waals surface area contributed by atoms with E-state index in [1.54, 1.807) is 30.3 Å². The summed E-state index contributed by atoms with van der Waals surface area (Å²) in [5.41, 5.74) is 0.497. The highest BCUT2D eigenvalue weighted by atomic mass is 35.5. The van der Waals surface area contributed by atoms with Crippen LogP contribution >= 0.6 is 23.2 Å². The fraction of sp³-hybridized carbons (Fsp3) is 0. The van der Waals surface area contributed by atoms with Gasteiger partial charge in [-0.25, -0.2) is 9.59 Å². The second-order valence-corrected chi connectivity index (χ2v) is 6.30. The standard InChI is InChI=1S/C20H12Cl2O5/c21-14-5-1-3-12(9-14)19(24)26-16-7-8-18(17(23)11-16)27-20(25)13-4-2-6-15(22)10-13/h1-11,23H. The lowest BCUT2D eigenvalue weighted by molar-refractivity contribution is 0.0715. The first-order valence-corrected chi connectivity index (χ1v) is 8.46. The van der Waals surface area contributed by atoms with E-state index in [4.69, 9.17) is 32.7 Å². The second-order valence-electron chi connectivity index (χ2n) is 5.43. The van der Waals surface area contributed by atoms with Gasteiger partial charge in [-0.05, 0) is 48.5 Å². The van der Waals surface area contributed by atoms with Gasteiger partial charge in [0.2, 0.25) is 0 Å². The van der Waals surface area contributed by atoms with Gasteiger partial charge in [0.05, 0.1) is 11.1 Å². The number of phenolic OH excluding ortho intramolecular Hbond substituents is 1. The summed E-state index contributed by atoms with van der Waals surface area (Å²) in [5, 5.41) is 10.8. The van der Waals surface area contributed by atoms with E-state index in [1.165, 1.54) is 36.4 Å². The Balaban J connectivity index is 1.72. The van der Waals surface area contributed by atoms with Crippen molar-refractivity contribution in [2.75, 3.05) is 0 Å². The van der Waals surface area contributed by atoms with Crippen LogP contribution in [-0.4, -0.2) is 17.0 Å². The van der Waals surface area contributed by atoms with E-state index in [2.05, 4.69) is 0 Å². The van der Waals surface area contributed by atoms with Crippen LogP contribution in [0.3, 0.4) is 0 Å². The molecule has 7 heteroatoms. The summed E-state index contributed by atoms with van der Waals surface area (Å²) in [6.07, 6.45) is 0. The molecule has 0 aliphatic carbocycles. The van der Waals surface area contributed by atoms with Crippen LogP contribution in [0.4, 0.5) is 0 Å². The smallest absolute Gasteiger partial charge is 0.343 e. The Morgan fingerprint density at radius 3 is 1.81 bits per heavy atom. The number of aromatic hydroxyl groups is 1. The summed E-state index contributed by atoms with van der Waals surface area (Å²) in [6.45, 7) is 0. The Morgan fingerprint density at radius 1 is 0.741 bits per heavy atom. The number of halogens is 2. The third kappa shape index (κ3) is 4.78. The summed E-state index contributed by atoms with van der Waals surface area (Å²) >= 11 is 11.7. The van der Waals surface area contributed by atoms with Crippen LogP contribution in [0.5, 0.6) is 17.2 Å². The van der Waals surface area contributed by atoms with Crippen LogP contribution < -0.4 is 9.47 Å². The average molecular weight is 403 g/mol. The zero-order chi connectivity index (χ0) is 19.4. The summed E-state index contributed by atoms with van der Waals surface area (Å²) in [6, 6.07) is 16.4. The highest BCUT2D eigenvalue weighted by Gasteiger charge is 2.15. The van der Waals surface area contributed by atoms with Crippen molar-refractivity contribution < 1.29 is 24.2 Å². The van der Waals surface area contributed by atoms with Crippen LogP contribution in [-0.2, 0) is 0 Å². The maximum absolute atomic E-state index is 12.1. The average Bonchev–Trinajstić information content (AvgIpc) is 2.64. The zero-order valence-electron chi connectivity index (χ0n) is 13.7. The lowest BCUT2D eigenvalue weighted by Crippen LogP contribution is -2.10. The molecule has 0 bridgehead atoms. The van der Waals surface area contributed by atoms with E-state index in [1.807, 2.05) is 0 Å². The largest absolute Gasteiger partial charge is 0.504 e. The normalized spacial score (nSPS) is 10.3. The monoisotopic (exact) mass is 402 g/mol. The Morgan fingerprint density at radius 2 is 1.30 bits per heavy atom. The van der Waals surface area contributed by atoms with E-state index in [0.717, 1.165) is 0 Å². The quantitative estimate of drug-likeness (QED) is 0.483. The molecule has 0 aliphatic heterocycles. The molecular formula is C20H12Cl2O5. The molecule has 0 heterocycles. The molecule has 0 saturated heterocycles. The van der Waals surface area contributed by atoms with Gasteiger partial charge < -0.3 is 14.6 Å². The molecule has 0 amide bonds. The first-order valence-electron chi connectivity index (χ1n) is 7.71. The highest BCUT2D eigenvalue weighted by molar-refractivity contribution is 6.31. The van der Waals surface area contributed by atoms with Gasteiger partial charge in [0.15, 0.2) is 11.5 Å². The molecule has 0 fully saturated rings. The fourth-order valence-corrected chi connectivity index (χ4v) is 2.58. The van der Waals surface area contributed by atoms with Crippen LogP contribution in [0.1, 0.15) is 20.7 Å². The number of phenols is 1. The molecule has 3 aromatic rings. The van der Waals surface area contributed by atoms with E-state index in [9.17, 15) is 14.7 Å². The van der Waals surface area contributed by atoms with Crippen LogP contribution in [0.2, 0.25) is 10.0 Å². The van der Waals surface area contributed by atoms with Crippen molar-refractivity contribution >= 4 is 35.1 Å². The fourth-order valence-electron chi connectivity index (χ4n) is 2.20. The summed E-state index contributed by atoms with van der Waals surface area (Å²) in [7, 11) is 0. The molecule has 0 aromatic heterocycles. The van der Waals surface area contributed by atoms with Crippen molar-refractivity contribution in [3.05, 3.63) is 87.9 Å². The van der Waals surface area contributed by atoms with Gasteiger partial charge in [-0.2, -0.15) is 0 Å². The van der Waals surface area contributed by atoms with E-state index in [-0.39, 0.29) is 28.4 Å². The predicted molar refractivity (Wildman–Crippen MR) is 101 cm³/mol. The van der Waals surface area contributed by atoms with E-state index < -0.39 is 11.9 Å². The summed E-state index contributed by atoms with van der Waals surface area (Å²) in [4.78, 5) is 24.2. The molecule has 27 heavy (non-hydrogen) atoms. The lowest BCUT2D eigenvalue weighted by Gasteiger charge is -2.09. The molecule has 136 valence electrons. The maximum Gasteiger partial charge on any atom is 0.343 e. The molecular weight excluding hydrogens is 391 g/mol. The van der Waals surface area contributed by atoms with E-state index >= 15 is 0 Å². The van der Waals surface area contributed by atoms with Gasteiger partial charge in [0.25, 0.3) is 0 Å². The van der Waals surface area contributed by atoms with Gasteiger partial charge >= 0.3 is 11.9 Å². The number of hydrogen-bond donors (Lipinski definition) is 1. The van der Waals surface area contributed by atoms with Crippen LogP contribution in [0.25, 0.3) is 0 Å². The van der Waals surface area contributed by atoms with Gasteiger partial charge in [0, 0.05) is 16.1 Å². The minimum Gasteiger partial charge on any atom is -0.504 e. The van der Waals surface area contributed by atoms with Crippen molar-refractivity contribution in [1.82, 2.24) is 0 Å².